The molecule has 0 aliphatic heterocycles. The maximum atomic E-state index is 9.44. The zero-order valence-corrected chi connectivity index (χ0v) is 10.5. The second-order valence-electron chi connectivity index (χ2n) is 3.53. The van der Waals surface area contributed by atoms with Gasteiger partial charge in [-0.2, -0.15) is 0 Å². The molecule has 1 saturated carbocycles. The predicted molar refractivity (Wildman–Crippen MR) is 63.6 cm³/mol. The van der Waals surface area contributed by atoms with Gasteiger partial charge in [0.25, 0.3) is 0 Å². The molecule has 0 amide bonds. The van der Waals surface area contributed by atoms with Crippen molar-refractivity contribution in [1.29, 1.82) is 0 Å². The van der Waals surface area contributed by atoms with E-state index in [1.165, 1.54) is 46.0 Å². The smallest absolute Gasteiger partial charge is 0.126 e. The van der Waals surface area contributed by atoms with Crippen LogP contribution in [0.25, 0.3) is 0 Å². The summed E-state index contributed by atoms with van der Waals surface area (Å²) in [5.41, 5.74) is 0. The molecule has 0 unspecified atom stereocenters. The molecular formula is C12H27NO. The Morgan fingerprint density at radius 3 is 1.64 bits per heavy atom. The summed E-state index contributed by atoms with van der Waals surface area (Å²) in [6.07, 6.45) is 7.13. The molecular weight excluding hydrogens is 174 g/mol. The zero-order chi connectivity index (χ0) is 11.4. The van der Waals surface area contributed by atoms with Gasteiger partial charge in [0.05, 0.1) is 0 Å². The molecule has 1 fully saturated rings. The van der Waals surface area contributed by atoms with Crippen molar-refractivity contribution in [1.82, 2.24) is 5.32 Å². The summed E-state index contributed by atoms with van der Waals surface area (Å²) in [7, 11) is 2.07. The summed E-state index contributed by atoms with van der Waals surface area (Å²) in [5.74, 6) is 0.167. The topological polar surface area (TPSA) is 29.1 Å². The minimum absolute atomic E-state index is 0.167. The fourth-order valence-electron chi connectivity index (χ4n) is 1.39. The third-order valence-electron chi connectivity index (χ3n) is 2.01. The first kappa shape index (κ1) is 16.1. The zero-order valence-electron chi connectivity index (χ0n) is 10.5. The highest BCUT2D eigenvalue weighted by atomic mass is 16.1. The number of hydrogen-bond donors (Lipinski definition) is 1. The first-order valence-corrected chi connectivity index (χ1v) is 5.81. The Kier molecular flexibility index (Phi) is 14.5. The van der Waals surface area contributed by atoms with Gasteiger partial charge >= 0.3 is 0 Å². The number of nitrogens with one attached hydrogen (secondary N) is 1. The van der Waals surface area contributed by atoms with Crippen molar-refractivity contribution in [2.24, 2.45) is 0 Å². The van der Waals surface area contributed by atoms with Crippen molar-refractivity contribution in [3.63, 3.8) is 0 Å². The van der Waals surface area contributed by atoms with Gasteiger partial charge in [0.15, 0.2) is 0 Å². The molecule has 0 spiro atoms. The van der Waals surface area contributed by atoms with Crippen LogP contribution in [0.2, 0.25) is 0 Å². The second-order valence-corrected chi connectivity index (χ2v) is 3.53. The van der Waals surface area contributed by atoms with E-state index >= 15 is 0 Å². The molecule has 1 N–H and O–H groups in total. The molecule has 86 valence electrons. The Morgan fingerprint density at radius 2 is 1.43 bits per heavy atom. The fourth-order valence-corrected chi connectivity index (χ4v) is 1.39. The van der Waals surface area contributed by atoms with Crippen LogP contribution in [0.5, 0.6) is 0 Å². The molecule has 1 aliphatic rings. The van der Waals surface area contributed by atoms with Gasteiger partial charge in [-0.15, -0.1) is 0 Å². The van der Waals surface area contributed by atoms with Crippen molar-refractivity contribution in [2.75, 3.05) is 7.05 Å². The maximum Gasteiger partial charge on any atom is 0.126 e. The van der Waals surface area contributed by atoms with Crippen molar-refractivity contribution < 1.29 is 4.79 Å². The van der Waals surface area contributed by atoms with Crippen molar-refractivity contribution in [3.05, 3.63) is 0 Å². The SMILES string of the molecule is CC.CC(C)=O.CNC1CCCCC1. The van der Waals surface area contributed by atoms with E-state index in [1.54, 1.807) is 0 Å². The predicted octanol–water partition coefficient (Wildman–Crippen LogP) is 3.16. The Hall–Kier alpha value is -0.370. The molecule has 0 saturated heterocycles. The molecule has 0 aromatic heterocycles. The summed E-state index contributed by atoms with van der Waals surface area (Å²) >= 11 is 0. The minimum atomic E-state index is 0.167. The average Bonchev–Trinajstić information content (AvgIpc) is 2.21. The van der Waals surface area contributed by atoms with Crippen LogP contribution >= 0.6 is 0 Å². The van der Waals surface area contributed by atoms with Gasteiger partial charge in [-0.25, -0.2) is 0 Å². The highest BCUT2D eigenvalue weighted by Gasteiger charge is 2.09. The lowest BCUT2D eigenvalue weighted by Crippen LogP contribution is -2.26. The van der Waals surface area contributed by atoms with E-state index in [9.17, 15) is 4.79 Å². The van der Waals surface area contributed by atoms with E-state index in [0.717, 1.165) is 6.04 Å². The van der Waals surface area contributed by atoms with Crippen LogP contribution in [-0.4, -0.2) is 18.9 Å². The third-order valence-corrected chi connectivity index (χ3v) is 2.01. The number of Topliss-reactive ketones (excluding diaryl/α,β-unsaturated/α-hetero) is 1. The number of carbonyl (C=O) groups excluding carboxylic acids is 1. The number of ketones is 1. The molecule has 0 radical (unpaired) electrons. The van der Waals surface area contributed by atoms with E-state index in [0.29, 0.717) is 0 Å². The molecule has 0 bridgehead atoms. The number of hydrogen-bond acceptors (Lipinski definition) is 2. The molecule has 2 heteroatoms. The van der Waals surface area contributed by atoms with Gasteiger partial charge in [-0.3, -0.25) is 0 Å². The Labute approximate surface area is 89.5 Å². The first-order chi connectivity index (χ1) is 6.66. The monoisotopic (exact) mass is 201 g/mol. The Bertz CT molecular complexity index is 113. The van der Waals surface area contributed by atoms with E-state index in [2.05, 4.69) is 12.4 Å². The van der Waals surface area contributed by atoms with E-state index < -0.39 is 0 Å². The summed E-state index contributed by atoms with van der Waals surface area (Å²) in [5, 5.41) is 3.30. The van der Waals surface area contributed by atoms with E-state index in [-0.39, 0.29) is 5.78 Å². The molecule has 1 aliphatic carbocycles. The summed E-state index contributed by atoms with van der Waals surface area (Å²) in [4.78, 5) is 9.44. The largest absolute Gasteiger partial charge is 0.317 e. The van der Waals surface area contributed by atoms with Gasteiger partial charge in [0.2, 0.25) is 0 Å². The fraction of sp³-hybridized carbons (Fsp3) is 0.917. The van der Waals surface area contributed by atoms with Gasteiger partial charge in [0.1, 0.15) is 5.78 Å². The van der Waals surface area contributed by atoms with Gasteiger partial charge < -0.3 is 10.1 Å². The van der Waals surface area contributed by atoms with Crippen LogP contribution in [0.1, 0.15) is 59.8 Å². The first-order valence-electron chi connectivity index (χ1n) is 5.81. The highest BCUT2D eigenvalue weighted by molar-refractivity contribution is 5.72. The van der Waals surface area contributed by atoms with Crippen LogP contribution in [0.15, 0.2) is 0 Å². The quantitative estimate of drug-likeness (QED) is 0.706. The molecule has 0 aromatic rings. The molecule has 0 aromatic carbocycles. The normalized spacial score (nSPS) is 15.8. The third kappa shape index (κ3) is 14.2. The lowest BCUT2D eigenvalue weighted by molar-refractivity contribution is -0.114. The van der Waals surface area contributed by atoms with Crippen LogP contribution in [0.4, 0.5) is 0 Å². The van der Waals surface area contributed by atoms with Crippen molar-refractivity contribution >= 4 is 5.78 Å². The molecule has 0 heterocycles. The highest BCUT2D eigenvalue weighted by Crippen LogP contribution is 2.16. The van der Waals surface area contributed by atoms with E-state index in [1.807, 2.05) is 13.8 Å². The van der Waals surface area contributed by atoms with E-state index in [4.69, 9.17) is 0 Å². The summed E-state index contributed by atoms with van der Waals surface area (Å²) in [6.45, 7) is 7.06. The lowest BCUT2D eigenvalue weighted by atomic mass is 9.96. The maximum absolute atomic E-state index is 9.44. The summed E-state index contributed by atoms with van der Waals surface area (Å²) < 4.78 is 0. The Balaban J connectivity index is 0. The average molecular weight is 201 g/mol. The second kappa shape index (κ2) is 12.6. The van der Waals surface area contributed by atoms with Gasteiger partial charge in [-0.1, -0.05) is 33.1 Å². The molecule has 0 atom stereocenters. The standard InChI is InChI=1S/C7H15N.C3H6O.C2H6/c1-8-7-5-3-2-4-6-7;1-3(2)4;1-2/h7-8H,2-6H2,1H3;1-2H3;1-2H3. The van der Waals surface area contributed by atoms with Crippen LogP contribution in [0, 0.1) is 0 Å². The Morgan fingerprint density at radius 1 is 1.07 bits per heavy atom. The molecule has 1 rings (SSSR count). The lowest BCUT2D eigenvalue weighted by Gasteiger charge is -2.20. The van der Waals surface area contributed by atoms with Gasteiger partial charge in [-0.05, 0) is 33.7 Å². The van der Waals surface area contributed by atoms with Gasteiger partial charge in [0, 0.05) is 6.04 Å². The van der Waals surface area contributed by atoms with Crippen molar-refractivity contribution in [3.8, 4) is 0 Å². The molecule has 14 heavy (non-hydrogen) atoms. The summed E-state index contributed by atoms with van der Waals surface area (Å²) in [6, 6.07) is 0.837. The minimum Gasteiger partial charge on any atom is -0.317 e. The molecule has 2 nitrogen and oxygen atoms in total. The van der Waals surface area contributed by atoms with Crippen LogP contribution < -0.4 is 5.32 Å². The number of rotatable bonds is 1. The number of carbonyl (C=O) groups is 1. The van der Waals surface area contributed by atoms with Crippen molar-refractivity contribution in [2.45, 2.75) is 65.8 Å². The van der Waals surface area contributed by atoms with Crippen LogP contribution in [0.3, 0.4) is 0 Å². The van der Waals surface area contributed by atoms with Crippen LogP contribution in [-0.2, 0) is 4.79 Å².